The van der Waals surface area contributed by atoms with Crippen molar-refractivity contribution in [3.05, 3.63) is 29.3 Å². The van der Waals surface area contributed by atoms with Gasteiger partial charge in [0.25, 0.3) is 16.1 Å². The van der Waals surface area contributed by atoms with Crippen molar-refractivity contribution in [3.63, 3.8) is 0 Å². The first kappa shape index (κ1) is 14.8. The van der Waals surface area contributed by atoms with E-state index in [0.29, 0.717) is 0 Å². The van der Waals surface area contributed by atoms with Crippen LogP contribution < -0.4 is 0 Å². The number of hydrogen-bond acceptors (Lipinski definition) is 5. The van der Waals surface area contributed by atoms with E-state index >= 15 is 0 Å². The molecule has 0 radical (unpaired) electrons. The highest BCUT2D eigenvalue weighted by Crippen LogP contribution is 2.20. The zero-order chi connectivity index (χ0) is 14.0. The van der Waals surface area contributed by atoms with Crippen molar-refractivity contribution >= 4 is 37.9 Å². The second-order valence-corrected chi connectivity index (χ2v) is 7.27. The van der Waals surface area contributed by atoms with Crippen molar-refractivity contribution in [2.75, 3.05) is 7.05 Å². The van der Waals surface area contributed by atoms with E-state index in [1.54, 1.807) is 0 Å². The molecule has 1 rings (SSSR count). The van der Waals surface area contributed by atoms with Crippen LogP contribution in [0.1, 0.15) is 0 Å². The summed E-state index contributed by atoms with van der Waals surface area (Å²) in [5.74, 6) is 0. The highest BCUT2D eigenvalue weighted by atomic mass is 35.5. The summed E-state index contributed by atoms with van der Waals surface area (Å²) in [6.07, 6.45) is 0.779. The molecule has 0 aliphatic heterocycles. The largest absolute Gasteiger partial charge is 0.345 e. The van der Waals surface area contributed by atoms with Gasteiger partial charge in [0.1, 0.15) is 0 Å². The molecule has 1 aromatic carbocycles. The number of sulfonamides is 1. The molecule has 0 saturated heterocycles. The van der Waals surface area contributed by atoms with Gasteiger partial charge in [-0.25, -0.2) is 13.2 Å². The predicted octanol–water partition coefficient (Wildman–Crippen LogP) is 0.541. The fourth-order valence-corrected chi connectivity index (χ4v) is 3.64. The monoisotopic (exact) mass is 310 g/mol. The molecule has 0 unspecified atom stereocenters. The molecule has 0 saturated carbocycles. The minimum atomic E-state index is -4.63. The fourth-order valence-electron chi connectivity index (χ4n) is 1.00. The molecule has 0 aromatic heterocycles. The maximum Gasteiger partial charge on any atom is 0.345 e. The van der Waals surface area contributed by atoms with Crippen LogP contribution in [0.25, 0.3) is 0 Å². The van der Waals surface area contributed by atoms with Crippen LogP contribution in [0.3, 0.4) is 0 Å². The molecule has 7 nitrogen and oxygen atoms in total. The van der Waals surface area contributed by atoms with Gasteiger partial charge in [-0.05, 0) is 18.2 Å². The lowest BCUT2D eigenvalue weighted by Gasteiger charge is -2.13. The Kier molecular flexibility index (Phi) is 4.25. The molecule has 0 aliphatic rings. The molecule has 0 amide bonds. The van der Waals surface area contributed by atoms with Crippen molar-refractivity contribution in [2.24, 2.45) is 4.40 Å². The van der Waals surface area contributed by atoms with E-state index in [9.17, 15) is 21.6 Å². The average Bonchev–Trinajstić information content (AvgIpc) is 2.28. The lowest BCUT2D eigenvalue weighted by atomic mass is 10.4. The lowest BCUT2D eigenvalue weighted by molar-refractivity contribution is 0.525. The zero-order valence-corrected chi connectivity index (χ0v) is 11.3. The standard InChI is InChI=1S/C8H7ClN2O5S2/c1-11(18(15,16)10-6-12)17(13,14)8-4-2-3-7(9)5-8/h2-5H,1H3. The molecule has 0 heterocycles. The van der Waals surface area contributed by atoms with Crippen molar-refractivity contribution < 1.29 is 21.6 Å². The maximum absolute atomic E-state index is 11.9. The summed E-state index contributed by atoms with van der Waals surface area (Å²) in [5, 5.41) is 0.126. The molecule has 1 aromatic rings. The van der Waals surface area contributed by atoms with E-state index < -0.39 is 20.2 Å². The Morgan fingerprint density at radius 3 is 2.39 bits per heavy atom. The van der Waals surface area contributed by atoms with E-state index in [0.717, 1.165) is 25.3 Å². The minimum absolute atomic E-state index is 0.0312. The van der Waals surface area contributed by atoms with Gasteiger partial charge in [0.15, 0.2) is 0 Å². The van der Waals surface area contributed by atoms with Crippen molar-refractivity contribution in [3.8, 4) is 0 Å². The average molecular weight is 311 g/mol. The quantitative estimate of drug-likeness (QED) is 0.597. The van der Waals surface area contributed by atoms with E-state index in [1.807, 2.05) is 0 Å². The number of rotatable bonds is 4. The molecular weight excluding hydrogens is 304 g/mol. The lowest BCUT2D eigenvalue weighted by Crippen LogP contribution is -2.31. The van der Waals surface area contributed by atoms with E-state index in [2.05, 4.69) is 4.40 Å². The normalized spacial score (nSPS) is 12.2. The van der Waals surface area contributed by atoms with Crippen LogP contribution in [0.4, 0.5) is 0 Å². The van der Waals surface area contributed by atoms with Gasteiger partial charge in [-0.1, -0.05) is 25.8 Å². The summed E-state index contributed by atoms with van der Waals surface area (Å²) in [6.45, 7) is 0. The van der Waals surface area contributed by atoms with Gasteiger partial charge in [0, 0.05) is 12.1 Å². The highest BCUT2D eigenvalue weighted by Gasteiger charge is 2.31. The van der Waals surface area contributed by atoms with Gasteiger partial charge < -0.3 is 0 Å². The molecule has 18 heavy (non-hydrogen) atoms. The Bertz CT molecular complexity index is 707. The molecule has 0 atom stereocenters. The molecular formula is C8H7ClN2O5S2. The summed E-state index contributed by atoms with van der Waals surface area (Å²) in [7, 11) is -8.22. The zero-order valence-electron chi connectivity index (χ0n) is 8.94. The van der Waals surface area contributed by atoms with Crippen LogP contribution in [-0.2, 0) is 25.0 Å². The van der Waals surface area contributed by atoms with Crippen LogP contribution >= 0.6 is 11.6 Å². The van der Waals surface area contributed by atoms with Gasteiger partial charge in [-0.2, -0.15) is 8.42 Å². The molecule has 98 valence electrons. The molecule has 0 N–H and O–H groups in total. The highest BCUT2D eigenvalue weighted by molar-refractivity contribution is 8.03. The Morgan fingerprint density at radius 1 is 1.28 bits per heavy atom. The van der Waals surface area contributed by atoms with Crippen LogP contribution in [0.15, 0.2) is 33.6 Å². The van der Waals surface area contributed by atoms with Gasteiger partial charge in [0.05, 0.1) is 4.90 Å². The summed E-state index contributed by atoms with van der Waals surface area (Å²) in [5.41, 5.74) is 0. The number of benzene rings is 1. The molecule has 0 bridgehead atoms. The Hall–Kier alpha value is -1.25. The van der Waals surface area contributed by atoms with Gasteiger partial charge >= 0.3 is 10.2 Å². The first-order valence-corrected chi connectivity index (χ1v) is 7.52. The van der Waals surface area contributed by atoms with Crippen LogP contribution in [0.5, 0.6) is 0 Å². The Labute approximate surface area is 109 Å². The van der Waals surface area contributed by atoms with Crippen molar-refractivity contribution in [2.45, 2.75) is 4.90 Å². The number of hydrogen-bond donors (Lipinski definition) is 0. The molecule has 0 aliphatic carbocycles. The third kappa shape index (κ3) is 2.95. The second kappa shape index (κ2) is 5.17. The van der Waals surface area contributed by atoms with Crippen LogP contribution in [0, 0.1) is 0 Å². The van der Waals surface area contributed by atoms with E-state index in [-0.39, 0.29) is 13.6 Å². The first-order chi connectivity index (χ1) is 8.21. The van der Waals surface area contributed by atoms with Gasteiger partial charge in [-0.15, -0.1) is 0 Å². The van der Waals surface area contributed by atoms with Crippen molar-refractivity contribution in [1.29, 1.82) is 0 Å². The summed E-state index contributed by atoms with van der Waals surface area (Å²) in [6, 6.07) is 5.02. The van der Waals surface area contributed by atoms with Crippen LogP contribution in [0.2, 0.25) is 5.02 Å². The van der Waals surface area contributed by atoms with E-state index in [1.165, 1.54) is 12.1 Å². The smallest absolute Gasteiger partial charge is 0.210 e. The van der Waals surface area contributed by atoms with Crippen LogP contribution in [-0.4, -0.2) is 33.7 Å². The van der Waals surface area contributed by atoms with Crippen molar-refractivity contribution in [1.82, 2.24) is 3.71 Å². The number of isocyanates is 1. The summed E-state index contributed by atoms with van der Waals surface area (Å²) in [4.78, 5) is 9.60. The third-order valence-corrected chi connectivity index (χ3v) is 5.78. The van der Waals surface area contributed by atoms with E-state index in [4.69, 9.17) is 11.6 Å². The summed E-state index contributed by atoms with van der Waals surface area (Å²) >= 11 is 5.61. The van der Waals surface area contributed by atoms with Gasteiger partial charge in [0.2, 0.25) is 0 Å². The molecule has 0 spiro atoms. The Balaban J connectivity index is 3.36. The van der Waals surface area contributed by atoms with Gasteiger partial charge in [-0.3, -0.25) is 0 Å². The minimum Gasteiger partial charge on any atom is -0.210 e. The Morgan fingerprint density at radius 2 is 1.89 bits per heavy atom. The molecule has 0 fully saturated rings. The number of halogens is 1. The number of carbonyl (C=O) groups excluding carboxylic acids is 1. The summed E-state index contributed by atoms with van der Waals surface area (Å²) < 4.78 is 48.9. The number of nitrogens with zero attached hydrogens (tertiary/aromatic N) is 2. The maximum atomic E-state index is 11.9. The topological polar surface area (TPSA) is 101 Å². The predicted molar refractivity (Wildman–Crippen MR) is 63.4 cm³/mol. The SMILES string of the molecule is CN(S(=O)(=O)N=C=O)S(=O)(=O)c1cccc(Cl)c1. The third-order valence-electron chi connectivity index (χ3n) is 1.91. The fraction of sp³-hybridized carbons (Fsp3) is 0.125. The first-order valence-electron chi connectivity index (χ1n) is 4.30. The second-order valence-electron chi connectivity index (χ2n) is 3.00. The molecule has 10 heteroatoms.